The number of hydrogen-bond acceptors (Lipinski definition) is 5. The number of nitro benzene ring substituents is 1. The van der Waals surface area contributed by atoms with Gasteiger partial charge in [-0.1, -0.05) is 18.2 Å². The number of piperidine rings is 1. The molecule has 4 rings (SSSR count). The second-order valence-corrected chi connectivity index (χ2v) is 8.31. The number of amides is 2. The molecule has 0 aromatic heterocycles. The topological polar surface area (TPSA) is 87.0 Å². The molecule has 2 aromatic carbocycles. The molecule has 0 radical (unpaired) electrons. The Hall–Kier alpha value is -3.42. The third kappa shape index (κ3) is 4.74. The van der Waals surface area contributed by atoms with Gasteiger partial charge in [-0.2, -0.15) is 0 Å². The third-order valence-corrected chi connectivity index (χ3v) is 6.21. The molecule has 0 saturated carbocycles. The second-order valence-electron chi connectivity index (χ2n) is 8.31. The lowest BCUT2D eigenvalue weighted by Crippen LogP contribution is -2.38. The molecule has 2 aliphatic rings. The van der Waals surface area contributed by atoms with Gasteiger partial charge in [0.1, 0.15) is 0 Å². The van der Waals surface area contributed by atoms with E-state index >= 15 is 0 Å². The molecule has 0 bridgehead atoms. The average Bonchev–Trinajstić information content (AvgIpc) is 3.10. The molecule has 0 atom stereocenters. The van der Waals surface area contributed by atoms with Crippen molar-refractivity contribution in [1.82, 2.24) is 9.80 Å². The van der Waals surface area contributed by atoms with Gasteiger partial charge in [-0.25, -0.2) is 0 Å². The van der Waals surface area contributed by atoms with E-state index in [-0.39, 0.29) is 17.5 Å². The molecule has 0 unspecified atom stereocenters. The summed E-state index contributed by atoms with van der Waals surface area (Å²) in [4.78, 5) is 42.9. The number of carbonyl (C=O) groups excluding carboxylic acids is 2. The molecule has 0 N–H and O–H groups in total. The van der Waals surface area contributed by atoms with Gasteiger partial charge in [0.25, 0.3) is 17.5 Å². The highest BCUT2D eigenvalue weighted by Crippen LogP contribution is 2.29. The van der Waals surface area contributed by atoms with Crippen LogP contribution in [0.4, 0.5) is 11.4 Å². The summed E-state index contributed by atoms with van der Waals surface area (Å²) in [7, 11) is 0. The third-order valence-electron chi connectivity index (χ3n) is 6.21. The van der Waals surface area contributed by atoms with Crippen molar-refractivity contribution in [2.75, 3.05) is 44.2 Å². The summed E-state index contributed by atoms with van der Waals surface area (Å²) in [5.74, 6) is -0.243. The van der Waals surface area contributed by atoms with Gasteiger partial charge in [0, 0.05) is 57.0 Å². The van der Waals surface area contributed by atoms with E-state index in [0.717, 1.165) is 38.0 Å². The van der Waals surface area contributed by atoms with Crippen LogP contribution in [-0.4, -0.2) is 65.8 Å². The molecule has 2 heterocycles. The van der Waals surface area contributed by atoms with Gasteiger partial charge in [0.05, 0.1) is 16.2 Å². The maximum atomic E-state index is 13.5. The van der Waals surface area contributed by atoms with Gasteiger partial charge < -0.3 is 14.7 Å². The Bertz CT molecular complexity index is 989. The van der Waals surface area contributed by atoms with Crippen molar-refractivity contribution in [1.29, 1.82) is 0 Å². The van der Waals surface area contributed by atoms with Gasteiger partial charge in [0.15, 0.2) is 0 Å². The molecule has 32 heavy (non-hydrogen) atoms. The Morgan fingerprint density at radius 1 is 0.750 bits per heavy atom. The van der Waals surface area contributed by atoms with E-state index in [9.17, 15) is 19.7 Å². The van der Waals surface area contributed by atoms with E-state index in [1.54, 1.807) is 28.0 Å². The molecule has 2 aromatic rings. The molecule has 0 aliphatic carbocycles. The van der Waals surface area contributed by atoms with Gasteiger partial charge in [-0.3, -0.25) is 19.7 Å². The van der Waals surface area contributed by atoms with E-state index < -0.39 is 4.92 Å². The fraction of sp³-hybridized carbons (Fsp3) is 0.417. The van der Waals surface area contributed by atoms with Crippen LogP contribution in [0, 0.1) is 10.1 Å². The molecule has 2 aliphatic heterocycles. The van der Waals surface area contributed by atoms with Crippen LogP contribution in [0.3, 0.4) is 0 Å². The number of benzene rings is 2. The Labute approximate surface area is 187 Å². The maximum absolute atomic E-state index is 13.5. The minimum absolute atomic E-state index is 0.0377. The molecule has 8 nitrogen and oxygen atoms in total. The Kier molecular flexibility index (Phi) is 6.68. The van der Waals surface area contributed by atoms with E-state index in [1.807, 2.05) is 18.2 Å². The van der Waals surface area contributed by atoms with Crippen molar-refractivity contribution in [2.45, 2.75) is 25.7 Å². The number of non-ortho nitro benzene ring substituents is 1. The Balaban J connectivity index is 1.54. The minimum Gasteiger partial charge on any atom is -0.371 e. The first-order valence-electron chi connectivity index (χ1n) is 11.2. The summed E-state index contributed by atoms with van der Waals surface area (Å²) in [6.07, 6.45) is 3.91. The van der Waals surface area contributed by atoms with Gasteiger partial charge >= 0.3 is 0 Å². The first-order valence-corrected chi connectivity index (χ1v) is 11.2. The number of carbonyl (C=O) groups is 2. The summed E-state index contributed by atoms with van der Waals surface area (Å²) >= 11 is 0. The predicted octanol–water partition coefficient (Wildman–Crippen LogP) is 3.57. The number of hydrogen-bond donors (Lipinski definition) is 0. The average molecular weight is 437 g/mol. The smallest absolute Gasteiger partial charge is 0.270 e. The SMILES string of the molecule is O=C(c1ccccc1)N1CCCN(C(=O)c2cc([N+](=O)[O-])ccc2N2CCCCC2)CC1. The monoisotopic (exact) mass is 436 g/mol. The van der Waals surface area contributed by atoms with Crippen LogP contribution in [0.15, 0.2) is 48.5 Å². The van der Waals surface area contributed by atoms with Gasteiger partial charge in [0.2, 0.25) is 0 Å². The quantitative estimate of drug-likeness (QED) is 0.540. The van der Waals surface area contributed by atoms with Crippen LogP contribution in [0.5, 0.6) is 0 Å². The lowest BCUT2D eigenvalue weighted by molar-refractivity contribution is -0.384. The zero-order valence-electron chi connectivity index (χ0n) is 18.1. The van der Waals surface area contributed by atoms with E-state index in [1.165, 1.54) is 12.1 Å². The first kappa shape index (κ1) is 21.8. The fourth-order valence-electron chi connectivity index (χ4n) is 4.48. The standard InChI is InChI=1S/C24H28N4O4/c29-23(19-8-3-1-4-9-19)26-14-7-15-27(17-16-26)24(30)21-18-20(28(31)32)10-11-22(21)25-12-5-2-6-13-25/h1,3-4,8-11,18H,2,5-7,12-17H2. The lowest BCUT2D eigenvalue weighted by Gasteiger charge is -2.31. The Morgan fingerprint density at radius 3 is 2.06 bits per heavy atom. The van der Waals surface area contributed by atoms with E-state index in [4.69, 9.17) is 0 Å². The predicted molar refractivity (Wildman–Crippen MR) is 122 cm³/mol. The summed E-state index contributed by atoms with van der Waals surface area (Å²) in [5, 5.41) is 11.4. The molecule has 2 saturated heterocycles. The van der Waals surface area contributed by atoms with Crippen LogP contribution in [0.1, 0.15) is 46.4 Å². The zero-order chi connectivity index (χ0) is 22.5. The Morgan fingerprint density at radius 2 is 1.41 bits per heavy atom. The largest absolute Gasteiger partial charge is 0.371 e. The zero-order valence-corrected chi connectivity index (χ0v) is 18.1. The number of rotatable bonds is 4. The summed E-state index contributed by atoms with van der Waals surface area (Å²) in [5.41, 5.74) is 1.70. The second kappa shape index (κ2) is 9.80. The highest BCUT2D eigenvalue weighted by atomic mass is 16.6. The number of nitro groups is 1. The molecule has 8 heteroatoms. The van der Waals surface area contributed by atoms with Crippen molar-refractivity contribution in [3.05, 3.63) is 69.8 Å². The van der Waals surface area contributed by atoms with Crippen molar-refractivity contribution >= 4 is 23.2 Å². The highest BCUT2D eigenvalue weighted by molar-refractivity contribution is 6.00. The van der Waals surface area contributed by atoms with Crippen molar-refractivity contribution in [3.63, 3.8) is 0 Å². The summed E-state index contributed by atoms with van der Waals surface area (Å²) in [6.45, 7) is 3.62. The molecule has 2 amide bonds. The van der Waals surface area contributed by atoms with Crippen LogP contribution in [0.25, 0.3) is 0 Å². The van der Waals surface area contributed by atoms with E-state index in [2.05, 4.69) is 4.90 Å². The molecular weight excluding hydrogens is 408 g/mol. The summed E-state index contributed by atoms with van der Waals surface area (Å²) in [6, 6.07) is 13.7. The van der Waals surface area contributed by atoms with Crippen molar-refractivity contribution in [3.8, 4) is 0 Å². The van der Waals surface area contributed by atoms with Crippen molar-refractivity contribution < 1.29 is 14.5 Å². The van der Waals surface area contributed by atoms with Crippen LogP contribution >= 0.6 is 0 Å². The normalized spacial score (nSPS) is 17.1. The maximum Gasteiger partial charge on any atom is 0.270 e. The molecular formula is C24H28N4O4. The van der Waals surface area contributed by atoms with E-state index in [0.29, 0.717) is 43.7 Å². The van der Waals surface area contributed by atoms with Crippen LogP contribution < -0.4 is 4.90 Å². The molecule has 168 valence electrons. The van der Waals surface area contributed by atoms with Crippen molar-refractivity contribution in [2.24, 2.45) is 0 Å². The van der Waals surface area contributed by atoms with Crippen LogP contribution in [0.2, 0.25) is 0 Å². The highest BCUT2D eigenvalue weighted by Gasteiger charge is 2.28. The minimum atomic E-state index is -0.459. The fourth-order valence-corrected chi connectivity index (χ4v) is 4.48. The number of nitrogens with zero attached hydrogens (tertiary/aromatic N) is 4. The number of anilines is 1. The van der Waals surface area contributed by atoms with Crippen LogP contribution in [-0.2, 0) is 0 Å². The summed E-state index contributed by atoms with van der Waals surface area (Å²) < 4.78 is 0. The van der Waals surface area contributed by atoms with Gasteiger partial charge in [-0.15, -0.1) is 0 Å². The van der Waals surface area contributed by atoms with Gasteiger partial charge in [-0.05, 0) is 43.9 Å². The molecule has 0 spiro atoms. The first-order chi connectivity index (χ1) is 15.5. The molecule has 2 fully saturated rings. The lowest BCUT2D eigenvalue weighted by atomic mass is 10.1.